The molecule has 0 atom stereocenters. The van der Waals surface area contributed by atoms with Crippen LogP contribution in [-0.4, -0.2) is 50.5 Å². The van der Waals surface area contributed by atoms with E-state index in [1.165, 1.54) is 12.8 Å². The van der Waals surface area contributed by atoms with Crippen LogP contribution < -0.4 is 10.2 Å². The molecule has 0 spiro atoms. The molecule has 1 N–H and O–H groups in total. The van der Waals surface area contributed by atoms with E-state index in [0.717, 1.165) is 62.9 Å². The van der Waals surface area contributed by atoms with Crippen LogP contribution in [0.3, 0.4) is 0 Å². The second kappa shape index (κ2) is 9.35. The molecule has 0 saturated heterocycles. The Kier molecular flexibility index (Phi) is 7.43. The summed E-state index contributed by atoms with van der Waals surface area (Å²) in [6, 6.07) is 0.724. The van der Waals surface area contributed by atoms with E-state index in [2.05, 4.69) is 15.6 Å². The van der Waals surface area contributed by atoms with Gasteiger partial charge in [0.25, 0.3) is 0 Å². The van der Waals surface area contributed by atoms with Gasteiger partial charge in [-0.05, 0) is 26.7 Å². The van der Waals surface area contributed by atoms with E-state index in [-0.39, 0.29) is 0 Å². The van der Waals surface area contributed by atoms with E-state index >= 15 is 0 Å². The molecule has 0 amide bonds. The van der Waals surface area contributed by atoms with E-state index in [4.69, 9.17) is 14.5 Å². The Morgan fingerprint density at radius 2 is 1.90 bits per heavy atom. The number of aromatic nitrogens is 1. The Balaban J connectivity index is 1.83. The molecule has 2 rings (SSSR count). The number of ether oxygens (including phenoxy) is 2. The number of nitrogens with one attached hydrogen (secondary N) is 1. The van der Waals surface area contributed by atoms with Crippen LogP contribution in [0.5, 0.6) is 0 Å². The smallest absolute Gasteiger partial charge is 0.185 e. The van der Waals surface area contributed by atoms with E-state index in [9.17, 15) is 0 Å². The maximum absolute atomic E-state index is 5.47. The maximum atomic E-state index is 5.47. The third kappa shape index (κ3) is 6.30. The first-order chi connectivity index (χ1) is 10.3. The van der Waals surface area contributed by atoms with Crippen molar-refractivity contribution in [2.45, 2.75) is 39.3 Å². The van der Waals surface area contributed by atoms with Crippen molar-refractivity contribution in [2.24, 2.45) is 0 Å². The van der Waals surface area contributed by atoms with Gasteiger partial charge in [0.05, 0.1) is 18.9 Å². The molecule has 0 unspecified atom stereocenters. The summed E-state index contributed by atoms with van der Waals surface area (Å²) in [5.41, 5.74) is 1.14. The van der Waals surface area contributed by atoms with Gasteiger partial charge in [-0.15, -0.1) is 11.3 Å². The van der Waals surface area contributed by atoms with Gasteiger partial charge < -0.3 is 19.7 Å². The molecule has 1 aliphatic carbocycles. The number of hydrogen-bond donors (Lipinski definition) is 1. The van der Waals surface area contributed by atoms with Gasteiger partial charge in [0, 0.05) is 44.3 Å². The van der Waals surface area contributed by atoms with Crippen LogP contribution in [0.4, 0.5) is 5.13 Å². The van der Waals surface area contributed by atoms with Gasteiger partial charge in [0.2, 0.25) is 0 Å². The topological polar surface area (TPSA) is 46.6 Å². The van der Waals surface area contributed by atoms with Crippen molar-refractivity contribution in [3.63, 3.8) is 0 Å². The number of anilines is 1. The highest BCUT2D eigenvalue weighted by Gasteiger charge is 2.20. The quantitative estimate of drug-likeness (QED) is 0.600. The molecule has 0 aliphatic heterocycles. The van der Waals surface area contributed by atoms with Crippen molar-refractivity contribution in [3.8, 4) is 0 Å². The molecule has 1 heterocycles. The standard InChI is InChI=1S/C15H27N3O2S/c1-3-19-9-7-18(8-10-20-4-2)15-17-14(12-21-15)11-16-13-5-6-13/h12-13,16H,3-11H2,1-2H3. The summed E-state index contributed by atoms with van der Waals surface area (Å²) < 4.78 is 10.9. The zero-order chi connectivity index (χ0) is 14.9. The first kappa shape index (κ1) is 16.7. The van der Waals surface area contributed by atoms with Crippen LogP contribution in [0, 0.1) is 0 Å². The highest BCUT2D eigenvalue weighted by atomic mass is 32.1. The van der Waals surface area contributed by atoms with Gasteiger partial charge in [-0.3, -0.25) is 0 Å². The summed E-state index contributed by atoms with van der Waals surface area (Å²) in [5, 5.41) is 6.73. The van der Waals surface area contributed by atoms with Gasteiger partial charge in [0.15, 0.2) is 5.13 Å². The first-order valence-electron chi connectivity index (χ1n) is 7.91. The second-order valence-corrected chi connectivity index (χ2v) is 5.99. The van der Waals surface area contributed by atoms with E-state index in [0.29, 0.717) is 0 Å². The fourth-order valence-corrected chi connectivity index (χ4v) is 2.88. The minimum Gasteiger partial charge on any atom is -0.380 e. The Bertz CT molecular complexity index is 386. The lowest BCUT2D eigenvalue weighted by Crippen LogP contribution is -2.31. The Labute approximate surface area is 131 Å². The molecule has 0 radical (unpaired) electrons. The van der Waals surface area contributed by atoms with Crippen LogP contribution in [0.25, 0.3) is 0 Å². The Hall–Kier alpha value is -0.690. The lowest BCUT2D eigenvalue weighted by Gasteiger charge is -2.21. The molecule has 1 saturated carbocycles. The van der Waals surface area contributed by atoms with Crippen LogP contribution in [0.2, 0.25) is 0 Å². The van der Waals surface area contributed by atoms with E-state index in [1.807, 2.05) is 13.8 Å². The summed E-state index contributed by atoms with van der Waals surface area (Å²) in [6.07, 6.45) is 2.62. The third-order valence-electron chi connectivity index (χ3n) is 3.38. The molecule has 6 heteroatoms. The largest absolute Gasteiger partial charge is 0.380 e. The highest BCUT2D eigenvalue weighted by molar-refractivity contribution is 7.13. The summed E-state index contributed by atoms with van der Waals surface area (Å²) in [7, 11) is 0. The number of thiazole rings is 1. The minimum atomic E-state index is 0.724. The minimum absolute atomic E-state index is 0.724. The van der Waals surface area contributed by atoms with Crippen molar-refractivity contribution >= 4 is 16.5 Å². The number of hydrogen-bond acceptors (Lipinski definition) is 6. The molecule has 1 aromatic heterocycles. The summed E-state index contributed by atoms with van der Waals surface area (Å²) in [4.78, 5) is 7.00. The molecule has 1 fully saturated rings. The Morgan fingerprint density at radius 1 is 1.24 bits per heavy atom. The molecule has 0 aromatic carbocycles. The van der Waals surface area contributed by atoms with Gasteiger partial charge >= 0.3 is 0 Å². The highest BCUT2D eigenvalue weighted by Crippen LogP contribution is 2.22. The molecule has 0 bridgehead atoms. The summed E-state index contributed by atoms with van der Waals surface area (Å²) >= 11 is 1.71. The third-order valence-corrected chi connectivity index (χ3v) is 4.33. The van der Waals surface area contributed by atoms with Crippen LogP contribution in [0.1, 0.15) is 32.4 Å². The van der Waals surface area contributed by atoms with E-state index < -0.39 is 0 Å². The van der Waals surface area contributed by atoms with Gasteiger partial charge in [-0.25, -0.2) is 4.98 Å². The molecule has 5 nitrogen and oxygen atoms in total. The maximum Gasteiger partial charge on any atom is 0.185 e. The first-order valence-corrected chi connectivity index (χ1v) is 8.79. The molecule has 120 valence electrons. The lowest BCUT2D eigenvalue weighted by molar-refractivity contribution is 0.141. The van der Waals surface area contributed by atoms with Crippen molar-refractivity contribution in [1.82, 2.24) is 10.3 Å². The van der Waals surface area contributed by atoms with Crippen LogP contribution in [0.15, 0.2) is 5.38 Å². The molecular weight excluding hydrogens is 286 g/mol. The SMILES string of the molecule is CCOCCN(CCOCC)c1nc(CNC2CC2)cs1. The van der Waals surface area contributed by atoms with Gasteiger partial charge in [0.1, 0.15) is 0 Å². The lowest BCUT2D eigenvalue weighted by atomic mass is 10.4. The predicted octanol–water partition coefficient (Wildman–Crippen LogP) is 2.27. The van der Waals surface area contributed by atoms with E-state index in [1.54, 1.807) is 11.3 Å². The summed E-state index contributed by atoms with van der Waals surface area (Å²) in [5.74, 6) is 0. The average molecular weight is 313 g/mol. The van der Waals surface area contributed by atoms with Crippen molar-refractivity contribution in [3.05, 3.63) is 11.1 Å². The number of rotatable bonds is 12. The van der Waals surface area contributed by atoms with Crippen molar-refractivity contribution < 1.29 is 9.47 Å². The van der Waals surface area contributed by atoms with Gasteiger partial charge in [-0.1, -0.05) is 0 Å². The zero-order valence-electron chi connectivity index (χ0n) is 13.1. The fraction of sp³-hybridized carbons (Fsp3) is 0.800. The van der Waals surface area contributed by atoms with Gasteiger partial charge in [-0.2, -0.15) is 0 Å². The van der Waals surface area contributed by atoms with Crippen molar-refractivity contribution in [1.29, 1.82) is 0 Å². The molecule has 21 heavy (non-hydrogen) atoms. The van der Waals surface area contributed by atoms with Crippen LogP contribution in [-0.2, 0) is 16.0 Å². The second-order valence-electron chi connectivity index (χ2n) is 5.16. The molecule has 1 aromatic rings. The van der Waals surface area contributed by atoms with Crippen LogP contribution >= 0.6 is 11.3 Å². The number of nitrogens with zero attached hydrogens (tertiary/aromatic N) is 2. The summed E-state index contributed by atoms with van der Waals surface area (Å²) in [6.45, 7) is 9.64. The Morgan fingerprint density at radius 3 is 2.48 bits per heavy atom. The molecule has 1 aliphatic rings. The predicted molar refractivity (Wildman–Crippen MR) is 87.2 cm³/mol. The normalized spacial score (nSPS) is 14.6. The zero-order valence-corrected chi connectivity index (χ0v) is 14.0. The average Bonchev–Trinajstić information content (AvgIpc) is 3.21. The molecular formula is C15H27N3O2S. The monoisotopic (exact) mass is 313 g/mol. The van der Waals surface area contributed by atoms with Crippen molar-refractivity contribution in [2.75, 3.05) is 44.4 Å². The fourth-order valence-electron chi connectivity index (χ4n) is 2.00.